The second-order valence-corrected chi connectivity index (χ2v) is 10.5. The van der Waals surface area contributed by atoms with Gasteiger partial charge in [-0.25, -0.2) is 14.4 Å². The minimum Gasteiger partial charge on any atom is -0.489 e. The summed E-state index contributed by atoms with van der Waals surface area (Å²) in [6, 6.07) is 12.3. The van der Waals surface area contributed by atoms with Crippen molar-refractivity contribution in [2.24, 2.45) is 5.73 Å². The number of amides is 2. The maximum atomic E-state index is 13.6. The normalized spacial score (nSPS) is 17.9. The molecule has 0 spiro atoms. The Kier molecular flexibility index (Phi) is 6.28. The number of aromatic nitrogens is 2. The molecule has 1 aliphatic heterocycles. The lowest BCUT2D eigenvalue weighted by Crippen LogP contribution is -2.41. The minimum atomic E-state index is -1.64. The summed E-state index contributed by atoms with van der Waals surface area (Å²) < 4.78 is 25.4. The van der Waals surface area contributed by atoms with E-state index in [9.17, 15) is 19.1 Å². The van der Waals surface area contributed by atoms with Gasteiger partial charge in [0.05, 0.1) is 29.6 Å². The molecule has 4 N–H and O–H groups in total. The highest BCUT2D eigenvalue weighted by molar-refractivity contribution is 7.20. The molecule has 0 saturated heterocycles. The van der Waals surface area contributed by atoms with Crippen molar-refractivity contribution in [2.45, 2.75) is 24.9 Å². The van der Waals surface area contributed by atoms with Crippen LogP contribution in [0.15, 0.2) is 48.5 Å². The molecule has 38 heavy (non-hydrogen) atoms. The second kappa shape index (κ2) is 9.34. The number of halogens is 1. The first kappa shape index (κ1) is 25.6. The minimum absolute atomic E-state index is 0.000708. The predicted octanol–water partition coefficient (Wildman–Crippen LogP) is 3.28. The summed E-state index contributed by atoms with van der Waals surface area (Å²) in [5, 5.41) is 14.7. The lowest BCUT2D eigenvalue weighted by molar-refractivity contribution is -0.123. The molecule has 1 aliphatic rings. The van der Waals surface area contributed by atoms with E-state index >= 15 is 0 Å². The third kappa shape index (κ3) is 4.44. The molecule has 3 heterocycles. The summed E-state index contributed by atoms with van der Waals surface area (Å²) >= 11 is 1.32. The fourth-order valence-corrected chi connectivity index (χ4v) is 5.06. The van der Waals surface area contributed by atoms with Gasteiger partial charge in [0, 0.05) is 16.7 Å². The van der Waals surface area contributed by atoms with Gasteiger partial charge in [0.1, 0.15) is 34.9 Å². The van der Waals surface area contributed by atoms with E-state index in [0.29, 0.717) is 38.8 Å². The van der Waals surface area contributed by atoms with E-state index in [1.807, 2.05) is 0 Å². The number of pyridine rings is 1. The van der Waals surface area contributed by atoms with Crippen molar-refractivity contribution in [3.63, 3.8) is 0 Å². The van der Waals surface area contributed by atoms with Crippen molar-refractivity contribution in [1.82, 2.24) is 15.3 Å². The first-order chi connectivity index (χ1) is 18.0. The summed E-state index contributed by atoms with van der Waals surface area (Å²) in [5.74, 6) is -1.07. The monoisotopic (exact) mass is 536 g/mol. The van der Waals surface area contributed by atoms with Crippen molar-refractivity contribution in [1.29, 1.82) is 0 Å². The summed E-state index contributed by atoms with van der Waals surface area (Å²) in [4.78, 5) is 34.2. The van der Waals surface area contributed by atoms with E-state index < -0.39 is 28.6 Å². The summed E-state index contributed by atoms with van der Waals surface area (Å²) in [5.41, 5.74) is 5.53. The molecule has 2 aromatic carbocycles. The summed E-state index contributed by atoms with van der Waals surface area (Å²) in [6.07, 6.45) is 0. The van der Waals surface area contributed by atoms with E-state index in [0.717, 1.165) is 4.70 Å². The average molecular weight is 537 g/mol. The number of hydrogen-bond donors (Lipinski definition) is 3. The average Bonchev–Trinajstić information content (AvgIpc) is 3.48. The molecule has 0 fully saturated rings. The molecule has 0 radical (unpaired) electrons. The van der Waals surface area contributed by atoms with Gasteiger partial charge in [-0.3, -0.25) is 9.59 Å². The molecule has 9 nitrogen and oxygen atoms in total. The fraction of sp³-hybridized carbons (Fsp3) is 0.259. The number of primary amides is 1. The Morgan fingerprint density at radius 2 is 1.97 bits per heavy atom. The van der Waals surface area contributed by atoms with Crippen molar-refractivity contribution in [3.05, 3.63) is 71.2 Å². The van der Waals surface area contributed by atoms with Crippen molar-refractivity contribution < 1.29 is 28.6 Å². The van der Waals surface area contributed by atoms with Crippen LogP contribution in [0.4, 0.5) is 4.39 Å². The van der Waals surface area contributed by atoms with Gasteiger partial charge in [-0.05, 0) is 62.4 Å². The number of nitrogens with two attached hydrogens (primary N) is 1. The molecule has 5 rings (SSSR count). The largest absolute Gasteiger partial charge is 0.489 e. The number of carbonyl (C=O) groups is 2. The third-order valence-corrected chi connectivity index (χ3v) is 7.66. The molecule has 0 bridgehead atoms. The summed E-state index contributed by atoms with van der Waals surface area (Å²) in [7, 11) is 1.53. The first-order valence-electron chi connectivity index (χ1n) is 11.7. The zero-order chi connectivity index (χ0) is 27.2. The van der Waals surface area contributed by atoms with Crippen LogP contribution in [0.1, 0.15) is 35.5 Å². The van der Waals surface area contributed by atoms with Crippen molar-refractivity contribution >= 4 is 33.4 Å². The van der Waals surface area contributed by atoms with E-state index in [1.54, 1.807) is 31.2 Å². The number of hydrogen-bond acceptors (Lipinski definition) is 8. The molecule has 4 aromatic rings. The van der Waals surface area contributed by atoms with Crippen LogP contribution in [0.5, 0.6) is 10.9 Å². The Balaban J connectivity index is 1.47. The van der Waals surface area contributed by atoms with Crippen LogP contribution in [-0.4, -0.2) is 47.2 Å². The topological polar surface area (TPSA) is 137 Å². The molecule has 0 aliphatic carbocycles. The molecule has 196 valence electrons. The number of aliphatic hydroxyl groups is 1. The van der Waals surface area contributed by atoms with Crippen LogP contribution in [0.3, 0.4) is 0 Å². The second-order valence-electron chi connectivity index (χ2n) is 9.55. The quantitative estimate of drug-likeness (QED) is 0.330. The maximum Gasteiger partial charge on any atom is 0.274 e. The van der Waals surface area contributed by atoms with Gasteiger partial charge in [0.15, 0.2) is 0 Å². The molecule has 0 unspecified atom stereocenters. The highest BCUT2D eigenvalue weighted by Crippen LogP contribution is 2.45. The number of rotatable bonds is 7. The maximum absolute atomic E-state index is 13.6. The zero-order valence-corrected chi connectivity index (χ0v) is 21.7. The van der Waals surface area contributed by atoms with Gasteiger partial charge in [-0.1, -0.05) is 11.3 Å². The number of ether oxygens (including phenoxy) is 2. The van der Waals surface area contributed by atoms with Crippen molar-refractivity contribution in [3.8, 4) is 22.2 Å². The van der Waals surface area contributed by atoms with Crippen LogP contribution in [0.25, 0.3) is 21.5 Å². The molecule has 2 atom stereocenters. The number of thiazole rings is 1. The Morgan fingerprint density at radius 3 is 2.66 bits per heavy atom. The van der Waals surface area contributed by atoms with Crippen LogP contribution in [0, 0.1) is 5.82 Å². The molecule has 0 saturated carbocycles. The molecular formula is C27H25FN4O5S. The highest BCUT2D eigenvalue weighted by Gasteiger charge is 2.45. The smallest absolute Gasteiger partial charge is 0.274 e. The Morgan fingerprint density at radius 1 is 1.24 bits per heavy atom. The number of fused-ring (bicyclic) bond motifs is 2. The van der Waals surface area contributed by atoms with Gasteiger partial charge in [-0.15, -0.1) is 0 Å². The molecule has 2 aromatic heterocycles. The van der Waals surface area contributed by atoms with E-state index in [1.165, 1.54) is 49.6 Å². The lowest BCUT2D eigenvalue weighted by atomic mass is 9.82. The van der Waals surface area contributed by atoms with Crippen molar-refractivity contribution in [2.75, 3.05) is 20.3 Å². The highest BCUT2D eigenvalue weighted by atomic mass is 32.1. The van der Waals surface area contributed by atoms with E-state index in [4.69, 9.17) is 15.2 Å². The molecule has 11 heteroatoms. The van der Waals surface area contributed by atoms with Crippen LogP contribution >= 0.6 is 11.3 Å². The Bertz CT molecular complexity index is 1570. The Hall–Kier alpha value is -4.09. The molecule has 2 amide bonds. The van der Waals surface area contributed by atoms with Gasteiger partial charge in [0.2, 0.25) is 5.91 Å². The lowest BCUT2D eigenvalue weighted by Gasteiger charge is -2.26. The fourth-order valence-electron chi connectivity index (χ4n) is 4.24. The van der Waals surface area contributed by atoms with E-state index in [-0.39, 0.29) is 18.8 Å². The zero-order valence-electron chi connectivity index (χ0n) is 20.9. The third-order valence-electron chi connectivity index (χ3n) is 6.68. The van der Waals surface area contributed by atoms with Crippen LogP contribution in [-0.2, 0) is 15.8 Å². The number of methoxy groups -OCH3 is 1. The van der Waals surface area contributed by atoms with E-state index in [2.05, 4.69) is 15.3 Å². The van der Waals surface area contributed by atoms with Crippen LogP contribution in [0.2, 0.25) is 0 Å². The molecular weight excluding hydrogens is 511 g/mol. The SMILES string of the molecule is COc1nc2ccc(C(=O)NC[C@](C)(O)c3cc4c(c(-c5ccc(F)cc5)n3)OC[C@]4(C)C(N)=O)cc2s1. The summed E-state index contributed by atoms with van der Waals surface area (Å²) in [6.45, 7) is 2.98. The predicted molar refractivity (Wildman–Crippen MR) is 140 cm³/mol. The van der Waals surface area contributed by atoms with Gasteiger partial charge >= 0.3 is 0 Å². The first-order valence-corrected chi connectivity index (χ1v) is 12.5. The van der Waals surface area contributed by atoms with Crippen LogP contribution < -0.4 is 20.5 Å². The standard InChI is InChI=1S/C27H25FN4O5S/c1-26(24(29)34)13-37-22-17(26)11-20(32-21(22)14-4-7-16(28)8-5-14)27(2,35)12-30-23(33)15-6-9-18-19(10-15)38-25(31-18)36-3/h4-11,35H,12-13H2,1-3H3,(H2,29,34)(H,30,33)/t26-,27-/m0/s1. The number of benzene rings is 2. The number of carbonyl (C=O) groups excluding carboxylic acids is 2. The van der Waals surface area contributed by atoms with Gasteiger partial charge < -0.3 is 25.6 Å². The van der Waals surface area contributed by atoms with Gasteiger partial charge in [-0.2, -0.15) is 0 Å². The number of nitrogens with one attached hydrogen (secondary N) is 1. The Labute approximate surface area is 221 Å². The van der Waals surface area contributed by atoms with Gasteiger partial charge in [0.25, 0.3) is 11.1 Å². The number of nitrogens with zero attached hydrogens (tertiary/aromatic N) is 2.